The molecule has 1 aliphatic carbocycles. The smallest absolute Gasteiger partial charge is 0.389 e. The first-order valence-electron chi connectivity index (χ1n) is 5.74. The van der Waals surface area contributed by atoms with Crippen LogP contribution in [0.5, 0.6) is 0 Å². The summed E-state index contributed by atoms with van der Waals surface area (Å²) in [7, 11) is 0. The van der Waals surface area contributed by atoms with Crippen LogP contribution < -0.4 is 0 Å². The monoisotopic (exact) mass is 244 g/mol. The molecule has 0 saturated carbocycles. The first kappa shape index (κ1) is 12.4. The number of halogens is 3. The third kappa shape index (κ3) is 3.22. The topological polar surface area (TPSA) is 20.2 Å². The van der Waals surface area contributed by atoms with Crippen LogP contribution in [-0.4, -0.2) is 16.9 Å². The molecular weight excluding hydrogens is 229 g/mol. The molecule has 0 saturated heterocycles. The molecule has 1 aromatic carbocycles. The van der Waals surface area contributed by atoms with E-state index in [2.05, 4.69) is 0 Å². The van der Waals surface area contributed by atoms with E-state index in [1.54, 1.807) is 0 Å². The van der Waals surface area contributed by atoms with Crippen LogP contribution in [0.1, 0.15) is 30.4 Å². The summed E-state index contributed by atoms with van der Waals surface area (Å²) in [5.74, 6) is 0. The molecule has 1 N–H and O–H groups in total. The van der Waals surface area contributed by atoms with Crippen molar-refractivity contribution in [2.45, 2.75) is 43.9 Å². The van der Waals surface area contributed by atoms with Gasteiger partial charge in [-0.3, -0.25) is 0 Å². The lowest BCUT2D eigenvalue weighted by atomic mass is 9.93. The fraction of sp³-hybridized carbons (Fsp3) is 0.538. The van der Waals surface area contributed by atoms with Crippen molar-refractivity contribution in [2.24, 2.45) is 0 Å². The fourth-order valence-corrected chi connectivity index (χ4v) is 2.47. The van der Waals surface area contributed by atoms with Gasteiger partial charge < -0.3 is 5.11 Å². The van der Waals surface area contributed by atoms with E-state index in [-0.39, 0.29) is 12.8 Å². The number of alkyl halides is 3. The molecule has 0 aromatic heterocycles. The zero-order valence-corrected chi connectivity index (χ0v) is 9.43. The molecule has 1 aliphatic rings. The first-order valence-corrected chi connectivity index (χ1v) is 5.74. The lowest BCUT2D eigenvalue weighted by molar-refractivity contribution is -0.137. The van der Waals surface area contributed by atoms with Crippen molar-refractivity contribution in [1.29, 1.82) is 0 Å². The van der Waals surface area contributed by atoms with E-state index < -0.39 is 18.2 Å². The van der Waals surface area contributed by atoms with E-state index >= 15 is 0 Å². The number of benzene rings is 1. The zero-order valence-electron chi connectivity index (χ0n) is 9.43. The third-order valence-corrected chi connectivity index (χ3v) is 3.26. The van der Waals surface area contributed by atoms with Gasteiger partial charge in [-0.2, -0.15) is 13.2 Å². The van der Waals surface area contributed by atoms with Crippen molar-refractivity contribution < 1.29 is 18.3 Å². The molecule has 0 heterocycles. The third-order valence-electron chi connectivity index (χ3n) is 3.26. The molecule has 2 rings (SSSR count). The summed E-state index contributed by atoms with van der Waals surface area (Å²) in [5, 5.41) is 10.2. The van der Waals surface area contributed by atoms with Crippen molar-refractivity contribution in [3.05, 3.63) is 35.4 Å². The molecule has 1 nitrogen and oxygen atoms in total. The molecule has 0 fully saturated rings. The highest BCUT2D eigenvalue weighted by Gasteiger charge is 2.36. The minimum atomic E-state index is -4.12. The second-order valence-electron chi connectivity index (χ2n) is 4.82. The Kier molecular flexibility index (Phi) is 3.17. The van der Waals surface area contributed by atoms with Gasteiger partial charge in [-0.05, 0) is 24.0 Å². The van der Waals surface area contributed by atoms with Gasteiger partial charge in [-0.1, -0.05) is 24.3 Å². The number of rotatable bonds is 3. The van der Waals surface area contributed by atoms with E-state index in [0.717, 1.165) is 11.1 Å². The number of hydrogen-bond donors (Lipinski definition) is 1. The van der Waals surface area contributed by atoms with Crippen LogP contribution >= 0.6 is 0 Å². The number of fused-ring (bicyclic) bond motifs is 1. The largest absolute Gasteiger partial charge is 0.389 e. The number of hydrogen-bond acceptors (Lipinski definition) is 1. The average Bonchev–Trinajstić information content (AvgIpc) is 2.51. The number of aliphatic hydroxyl groups is 1. The molecule has 0 atom stereocenters. The second-order valence-corrected chi connectivity index (χ2v) is 4.82. The van der Waals surface area contributed by atoms with Gasteiger partial charge in [0.1, 0.15) is 0 Å². The molecule has 0 amide bonds. The Morgan fingerprint density at radius 3 is 2.12 bits per heavy atom. The van der Waals surface area contributed by atoms with Crippen LogP contribution in [0.2, 0.25) is 0 Å². The highest BCUT2D eigenvalue weighted by Crippen LogP contribution is 2.34. The molecule has 94 valence electrons. The average molecular weight is 244 g/mol. The van der Waals surface area contributed by atoms with E-state index in [0.29, 0.717) is 12.8 Å². The molecule has 0 bridgehead atoms. The molecule has 0 spiro atoms. The Bertz CT molecular complexity index is 373. The van der Waals surface area contributed by atoms with Gasteiger partial charge in [0.05, 0.1) is 5.60 Å². The fourth-order valence-electron chi connectivity index (χ4n) is 2.47. The Labute approximate surface area is 98.3 Å². The molecule has 0 aliphatic heterocycles. The van der Waals surface area contributed by atoms with Crippen molar-refractivity contribution in [3.8, 4) is 0 Å². The Morgan fingerprint density at radius 1 is 1.12 bits per heavy atom. The van der Waals surface area contributed by atoms with Gasteiger partial charge in [-0.15, -0.1) is 0 Å². The maximum Gasteiger partial charge on any atom is 0.389 e. The summed E-state index contributed by atoms with van der Waals surface area (Å²) in [6.07, 6.45) is -3.79. The van der Waals surface area contributed by atoms with Gasteiger partial charge >= 0.3 is 6.18 Å². The van der Waals surface area contributed by atoms with Crippen LogP contribution in [0.3, 0.4) is 0 Å². The lowest BCUT2D eigenvalue weighted by Crippen LogP contribution is -2.29. The van der Waals surface area contributed by atoms with Crippen LogP contribution in [0, 0.1) is 0 Å². The minimum Gasteiger partial charge on any atom is -0.389 e. The zero-order chi connectivity index (χ0) is 12.5. The van der Waals surface area contributed by atoms with Crippen LogP contribution in [0.15, 0.2) is 24.3 Å². The minimum absolute atomic E-state index is 0.00596. The van der Waals surface area contributed by atoms with Crippen LogP contribution in [-0.2, 0) is 12.8 Å². The second kappa shape index (κ2) is 4.33. The Balaban J connectivity index is 1.91. The molecule has 17 heavy (non-hydrogen) atoms. The molecule has 0 radical (unpaired) electrons. The van der Waals surface area contributed by atoms with E-state index in [1.165, 1.54) is 0 Å². The first-order chi connectivity index (χ1) is 7.88. The summed E-state index contributed by atoms with van der Waals surface area (Å²) >= 11 is 0. The predicted molar refractivity (Wildman–Crippen MR) is 58.7 cm³/mol. The lowest BCUT2D eigenvalue weighted by Gasteiger charge is -2.22. The SMILES string of the molecule is OC1(CCCC(F)(F)F)Cc2ccccc2C1. The van der Waals surface area contributed by atoms with E-state index in [4.69, 9.17) is 0 Å². The molecule has 1 aromatic rings. The van der Waals surface area contributed by atoms with Crippen molar-refractivity contribution in [1.82, 2.24) is 0 Å². The van der Waals surface area contributed by atoms with Gasteiger partial charge in [0, 0.05) is 19.3 Å². The van der Waals surface area contributed by atoms with Crippen molar-refractivity contribution in [2.75, 3.05) is 0 Å². The van der Waals surface area contributed by atoms with E-state index in [9.17, 15) is 18.3 Å². The van der Waals surface area contributed by atoms with Gasteiger partial charge in [0.15, 0.2) is 0 Å². The normalized spacial score (nSPS) is 18.1. The maximum absolute atomic E-state index is 12.0. The summed E-state index contributed by atoms with van der Waals surface area (Å²) in [5.41, 5.74) is 1.14. The van der Waals surface area contributed by atoms with E-state index in [1.807, 2.05) is 24.3 Å². The van der Waals surface area contributed by atoms with Crippen LogP contribution in [0.4, 0.5) is 13.2 Å². The van der Waals surface area contributed by atoms with Crippen molar-refractivity contribution in [3.63, 3.8) is 0 Å². The van der Waals surface area contributed by atoms with Gasteiger partial charge in [-0.25, -0.2) is 0 Å². The Hall–Kier alpha value is -1.03. The van der Waals surface area contributed by atoms with Gasteiger partial charge in [0.25, 0.3) is 0 Å². The van der Waals surface area contributed by atoms with Gasteiger partial charge in [0.2, 0.25) is 0 Å². The molecule has 0 unspecified atom stereocenters. The highest BCUT2D eigenvalue weighted by molar-refractivity contribution is 5.35. The standard InChI is InChI=1S/C13H15F3O/c14-13(15,16)7-3-6-12(17)8-10-4-1-2-5-11(10)9-12/h1-2,4-5,17H,3,6-9H2. The highest BCUT2D eigenvalue weighted by atomic mass is 19.4. The summed E-state index contributed by atoms with van der Waals surface area (Å²) in [4.78, 5) is 0. The summed E-state index contributed by atoms with van der Waals surface area (Å²) in [6, 6.07) is 7.63. The molecular formula is C13H15F3O. The summed E-state index contributed by atoms with van der Waals surface area (Å²) in [6.45, 7) is 0. The maximum atomic E-state index is 12.0. The van der Waals surface area contributed by atoms with Crippen LogP contribution in [0.25, 0.3) is 0 Å². The predicted octanol–water partition coefficient (Wildman–Crippen LogP) is 3.25. The quantitative estimate of drug-likeness (QED) is 0.865. The Morgan fingerprint density at radius 2 is 1.65 bits per heavy atom. The summed E-state index contributed by atoms with van der Waals surface area (Å²) < 4.78 is 36.1. The van der Waals surface area contributed by atoms with Crippen molar-refractivity contribution >= 4 is 0 Å². The molecule has 4 heteroatoms.